The highest BCUT2D eigenvalue weighted by atomic mass is 16.5. The molecule has 0 saturated carbocycles. The Bertz CT molecular complexity index is 568. The predicted molar refractivity (Wildman–Crippen MR) is 63.8 cm³/mol. The molecule has 2 heterocycles. The molecule has 0 fully saturated rings. The maximum Gasteiger partial charge on any atom is 0.337 e. The normalized spacial score (nSPS) is 10.4. The van der Waals surface area contributed by atoms with Gasteiger partial charge in [0.25, 0.3) is 5.89 Å². The van der Waals surface area contributed by atoms with Crippen LogP contribution in [0.1, 0.15) is 35.4 Å². The fraction of sp³-hybridized carbons (Fsp3) is 0.333. The number of nitrogens with zero attached hydrogens (tertiary/aromatic N) is 3. The Morgan fingerprint density at radius 3 is 3.05 bits per heavy atom. The second-order valence-corrected chi connectivity index (χ2v) is 3.86. The number of carbonyl (C=O) groups is 1. The molecule has 7 nitrogen and oxygen atoms in total. The Kier molecular flexibility index (Phi) is 4.07. The van der Waals surface area contributed by atoms with Crippen LogP contribution in [0.25, 0.3) is 0 Å². The van der Waals surface area contributed by atoms with Gasteiger partial charge in [-0.1, -0.05) is 12.1 Å². The van der Waals surface area contributed by atoms with Gasteiger partial charge in [0.15, 0.2) is 12.4 Å². The summed E-state index contributed by atoms with van der Waals surface area (Å²) in [5, 5.41) is 12.6. The minimum atomic E-state index is -1.05. The van der Waals surface area contributed by atoms with Gasteiger partial charge in [-0.3, -0.25) is 4.98 Å². The molecule has 7 heteroatoms. The highest BCUT2D eigenvalue weighted by Gasteiger charge is 2.08. The van der Waals surface area contributed by atoms with Crippen molar-refractivity contribution in [2.45, 2.75) is 26.4 Å². The molecule has 0 aliphatic heterocycles. The van der Waals surface area contributed by atoms with Crippen LogP contribution < -0.4 is 4.74 Å². The molecule has 0 radical (unpaired) electrons. The van der Waals surface area contributed by atoms with Crippen LogP contribution in [0.4, 0.5) is 0 Å². The van der Waals surface area contributed by atoms with Gasteiger partial charge in [-0.05, 0) is 12.5 Å². The van der Waals surface area contributed by atoms with Crippen molar-refractivity contribution in [2.75, 3.05) is 0 Å². The number of aryl methyl sites for hydroxylation is 1. The molecule has 0 spiro atoms. The second kappa shape index (κ2) is 5.94. The summed E-state index contributed by atoms with van der Waals surface area (Å²) in [6.45, 7) is 2.11. The smallest absolute Gasteiger partial charge is 0.337 e. The number of aromatic carboxylic acids is 1. The molecule has 1 N–H and O–H groups in total. The number of pyridine rings is 1. The Balaban J connectivity index is 1.97. The van der Waals surface area contributed by atoms with Gasteiger partial charge in [0, 0.05) is 12.6 Å². The van der Waals surface area contributed by atoms with Crippen molar-refractivity contribution in [2.24, 2.45) is 0 Å². The molecular weight excluding hydrogens is 250 g/mol. The van der Waals surface area contributed by atoms with Crippen molar-refractivity contribution in [3.63, 3.8) is 0 Å². The zero-order chi connectivity index (χ0) is 13.7. The first-order valence-electron chi connectivity index (χ1n) is 5.81. The molecule has 0 atom stereocenters. The molecule has 100 valence electrons. The number of aromatic nitrogens is 3. The second-order valence-electron chi connectivity index (χ2n) is 3.86. The van der Waals surface area contributed by atoms with Crippen molar-refractivity contribution < 1.29 is 19.2 Å². The average Bonchev–Trinajstić information content (AvgIpc) is 2.85. The van der Waals surface area contributed by atoms with E-state index in [9.17, 15) is 4.79 Å². The first-order chi connectivity index (χ1) is 9.19. The van der Waals surface area contributed by atoms with Crippen LogP contribution in [0, 0.1) is 0 Å². The van der Waals surface area contributed by atoms with E-state index < -0.39 is 5.97 Å². The molecule has 0 amide bonds. The highest BCUT2D eigenvalue weighted by Crippen LogP contribution is 2.13. The van der Waals surface area contributed by atoms with E-state index in [1.165, 1.54) is 18.5 Å². The third kappa shape index (κ3) is 3.51. The quantitative estimate of drug-likeness (QED) is 0.846. The van der Waals surface area contributed by atoms with Crippen molar-refractivity contribution in [3.8, 4) is 5.75 Å². The molecule has 19 heavy (non-hydrogen) atoms. The molecule has 0 saturated heterocycles. The lowest BCUT2D eigenvalue weighted by Gasteiger charge is -2.02. The van der Waals surface area contributed by atoms with E-state index in [4.69, 9.17) is 14.4 Å². The Labute approximate surface area is 109 Å². The molecule has 0 aromatic carbocycles. The lowest BCUT2D eigenvalue weighted by molar-refractivity contribution is 0.0696. The van der Waals surface area contributed by atoms with E-state index in [0.29, 0.717) is 17.5 Å². The predicted octanol–water partition coefficient (Wildman–Crippen LogP) is 1.69. The third-order valence-corrected chi connectivity index (χ3v) is 2.31. The summed E-state index contributed by atoms with van der Waals surface area (Å²) < 4.78 is 10.3. The fourth-order valence-corrected chi connectivity index (χ4v) is 1.43. The Morgan fingerprint density at radius 1 is 1.47 bits per heavy atom. The van der Waals surface area contributed by atoms with Crippen molar-refractivity contribution in [1.29, 1.82) is 0 Å². The largest absolute Gasteiger partial charge is 0.482 e. The van der Waals surface area contributed by atoms with Gasteiger partial charge in [0.1, 0.15) is 5.75 Å². The summed E-state index contributed by atoms with van der Waals surface area (Å²) >= 11 is 0. The first-order valence-corrected chi connectivity index (χ1v) is 5.81. The van der Waals surface area contributed by atoms with Crippen molar-refractivity contribution >= 4 is 5.97 Å². The van der Waals surface area contributed by atoms with Crippen LogP contribution in [0.3, 0.4) is 0 Å². The summed E-state index contributed by atoms with van der Waals surface area (Å²) in [5.41, 5.74) is 0.0645. The van der Waals surface area contributed by atoms with E-state index in [2.05, 4.69) is 15.1 Å². The number of hydrogen-bond acceptors (Lipinski definition) is 6. The first kappa shape index (κ1) is 13.0. The van der Waals surface area contributed by atoms with Gasteiger partial charge >= 0.3 is 5.97 Å². The fourth-order valence-electron chi connectivity index (χ4n) is 1.43. The molecular formula is C12H13N3O4. The maximum atomic E-state index is 10.8. The summed E-state index contributed by atoms with van der Waals surface area (Å²) in [4.78, 5) is 18.7. The third-order valence-electron chi connectivity index (χ3n) is 2.31. The van der Waals surface area contributed by atoms with Gasteiger partial charge < -0.3 is 14.4 Å². The SMILES string of the molecule is CCCc1noc(COc2cncc(C(=O)O)c2)n1. The molecule has 2 aromatic heterocycles. The van der Waals surface area contributed by atoms with E-state index in [0.717, 1.165) is 12.8 Å². The van der Waals surface area contributed by atoms with E-state index in [-0.39, 0.29) is 12.2 Å². The van der Waals surface area contributed by atoms with E-state index >= 15 is 0 Å². The minimum absolute atomic E-state index is 0.0645. The topological polar surface area (TPSA) is 98.3 Å². The van der Waals surface area contributed by atoms with E-state index in [1.807, 2.05) is 6.92 Å². The van der Waals surface area contributed by atoms with Crippen LogP contribution in [0.5, 0.6) is 5.75 Å². The molecule has 2 rings (SSSR count). The van der Waals surface area contributed by atoms with Gasteiger partial charge in [-0.2, -0.15) is 4.98 Å². The zero-order valence-corrected chi connectivity index (χ0v) is 10.4. The molecule has 2 aromatic rings. The van der Waals surface area contributed by atoms with Crippen molar-refractivity contribution in [3.05, 3.63) is 35.7 Å². The molecule has 0 bridgehead atoms. The zero-order valence-electron chi connectivity index (χ0n) is 10.4. The van der Waals surface area contributed by atoms with Gasteiger partial charge in [0.05, 0.1) is 11.8 Å². The van der Waals surface area contributed by atoms with Crippen LogP contribution >= 0.6 is 0 Å². The number of ether oxygens (including phenoxy) is 1. The van der Waals surface area contributed by atoms with Gasteiger partial charge in [-0.25, -0.2) is 4.79 Å². The Hall–Kier alpha value is -2.44. The van der Waals surface area contributed by atoms with Gasteiger partial charge in [-0.15, -0.1) is 0 Å². The molecule has 0 aliphatic rings. The lowest BCUT2D eigenvalue weighted by atomic mass is 10.3. The minimum Gasteiger partial charge on any atom is -0.482 e. The number of rotatable bonds is 6. The number of hydrogen-bond donors (Lipinski definition) is 1. The summed E-state index contributed by atoms with van der Waals surface area (Å²) in [7, 11) is 0. The van der Waals surface area contributed by atoms with Gasteiger partial charge in [0.2, 0.25) is 0 Å². The maximum absolute atomic E-state index is 10.8. The van der Waals surface area contributed by atoms with Crippen LogP contribution in [0.15, 0.2) is 23.0 Å². The van der Waals surface area contributed by atoms with Crippen LogP contribution in [-0.2, 0) is 13.0 Å². The number of carboxylic acids is 1. The van der Waals surface area contributed by atoms with Crippen LogP contribution in [-0.4, -0.2) is 26.2 Å². The molecule has 0 unspecified atom stereocenters. The monoisotopic (exact) mass is 263 g/mol. The van der Waals surface area contributed by atoms with Crippen LogP contribution in [0.2, 0.25) is 0 Å². The number of carboxylic acid groups (broad SMARTS) is 1. The highest BCUT2D eigenvalue weighted by molar-refractivity contribution is 5.87. The average molecular weight is 263 g/mol. The summed E-state index contributed by atoms with van der Waals surface area (Å²) in [6.07, 6.45) is 4.36. The lowest BCUT2D eigenvalue weighted by Crippen LogP contribution is -2.00. The Morgan fingerprint density at radius 2 is 2.32 bits per heavy atom. The van der Waals surface area contributed by atoms with E-state index in [1.54, 1.807) is 0 Å². The van der Waals surface area contributed by atoms with Crippen molar-refractivity contribution in [1.82, 2.24) is 15.1 Å². The summed E-state index contributed by atoms with van der Waals surface area (Å²) in [6, 6.07) is 1.39. The summed E-state index contributed by atoms with van der Waals surface area (Å²) in [5.74, 6) is 0.277. The standard InChI is InChI=1S/C12H13N3O4/c1-2-3-10-14-11(19-15-10)7-18-9-4-8(12(16)17)5-13-6-9/h4-6H,2-3,7H2,1H3,(H,16,17). The molecule has 0 aliphatic carbocycles.